The largest absolute Gasteiger partial charge is 0.482 e. The van der Waals surface area contributed by atoms with Gasteiger partial charge in [0.1, 0.15) is 11.5 Å². The molecule has 0 spiro atoms. The van der Waals surface area contributed by atoms with Crippen molar-refractivity contribution >= 4 is 11.9 Å². The highest BCUT2D eigenvalue weighted by molar-refractivity contribution is 5.69. The second-order valence-electron chi connectivity index (χ2n) is 12.6. The molecule has 2 N–H and O–H groups in total. The molecule has 0 atom stereocenters. The predicted molar refractivity (Wildman–Crippen MR) is 185 cm³/mol. The minimum Gasteiger partial charge on any atom is -0.482 e. The van der Waals surface area contributed by atoms with E-state index in [1.165, 1.54) is 22.3 Å². The number of carboxylic acid groups (broad SMARTS) is 2. The first kappa shape index (κ1) is 35.9. The Labute approximate surface area is 274 Å². The second-order valence-corrected chi connectivity index (χ2v) is 12.6. The van der Waals surface area contributed by atoms with Crippen LogP contribution >= 0.6 is 0 Å². The highest BCUT2D eigenvalue weighted by Crippen LogP contribution is 2.29. The number of ether oxygens (including phenoxy) is 2. The van der Waals surface area contributed by atoms with Gasteiger partial charge in [0.25, 0.3) is 0 Å². The van der Waals surface area contributed by atoms with Gasteiger partial charge in [0.15, 0.2) is 13.2 Å². The Bertz CT molecular complexity index is 1490. The molecule has 0 saturated heterocycles. The van der Waals surface area contributed by atoms with E-state index in [1.54, 1.807) is 0 Å². The molecule has 0 radical (unpaired) electrons. The molecule has 0 aliphatic carbocycles. The average Bonchev–Trinajstić information content (AvgIpc) is 2.98. The molecule has 0 amide bonds. The summed E-state index contributed by atoms with van der Waals surface area (Å²) in [5.74, 6) is 0.433. The Morgan fingerprint density at radius 3 is 1.17 bits per heavy atom. The first-order valence-corrected chi connectivity index (χ1v) is 15.8. The summed E-state index contributed by atoms with van der Waals surface area (Å²) in [7, 11) is 0. The number of rotatable bonds is 12. The number of aliphatic carboxylic acids is 2. The van der Waals surface area contributed by atoms with Crippen LogP contribution in [0.5, 0.6) is 11.5 Å². The van der Waals surface area contributed by atoms with E-state index in [-0.39, 0.29) is 13.2 Å². The van der Waals surface area contributed by atoms with Crippen molar-refractivity contribution in [2.45, 2.75) is 80.1 Å². The SMILES string of the molecule is Cc1cc(C)c(Cc2ccc(C(C)C)cc2)c(OCC(=O)O)c1.Cc1cc(C)c(Cc2ccc(C(C)C)cc2)c(OCC(=O)O)c1. The van der Waals surface area contributed by atoms with Crippen molar-refractivity contribution in [3.8, 4) is 11.5 Å². The van der Waals surface area contributed by atoms with E-state index in [9.17, 15) is 9.59 Å². The van der Waals surface area contributed by atoms with Crippen LogP contribution in [0.2, 0.25) is 0 Å². The third-order valence-corrected chi connectivity index (χ3v) is 7.91. The van der Waals surface area contributed by atoms with E-state index < -0.39 is 11.9 Å². The summed E-state index contributed by atoms with van der Waals surface area (Å²) in [6, 6.07) is 25.2. The fraction of sp³-hybridized carbons (Fsp3) is 0.350. The summed E-state index contributed by atoms with van der Waals surface area (Å²) >= 11 is 0. The number of benzene rings is 4. The van der Waals surface area contributed by atoms with Crippen molar-refractivity contribution in [3.05, 3.63) is 128 Å². The first-order chi connectivity index (χ1) is 21.7. The Morgan fingerprint density at radius 1 is 0.565 bits per heavy atom. The fourth-order valence-corrected chi connectivity index (χ4v) is 5.36. The normalized spacial score (nSPS) is 10.8. The smallest absolute Gasteiger partial charge is 0.341 e. The molecule has 6 nitrogen and oxygen atoms in total. The summed E-state index contributed by atoms with van der Waals surface area (Å²) in [6.45, 7) is 16.1. The van der Waals surface area contributed by atoms with Gasteiger partial charge in [-0.15, -0.1) is 0 Å². The van der Waals surface area contributed by atoms with Gasteiger partial charge in [-0.1, -0.05) is 88.4 Å². The zero-order valence-corrected chi connectivity index (χ0v) is 28.4. The molecule has 0 unspecified atom stereocenters. The molecule has 0 fully saturated rings. The quantitative estimate of drug-likeness (QED) is 0.163. The lowest BCUT2D eigenvalue weighted by Crippen LogP contribution is -2.11. The molecule has 0 aliphatic heterocycles. The molecular formula is C40H48O6. The van der Waals surface area contributed by atoms with Crippen molar-refractivity contribution in [3.63, 3.8) is 0 Å². The van der Waals surface area contributed by atoms with Gasteiger partial charge in [-0.3, -0.25) is 0 Å². The fourth-order valence-electron chi connectivity index (χ4n) is 5.36. The first-order valence-electron chi connectivity index (χ1n) is 15.8. The van der Waals surface area contributed by atoms with E-state index in [1.807, 2.05) is 39.8 Å². The summed E-state index contributed by atoms with van der Waals surface area (Å²) in [6.07, 6.45) is 1.47. The van der Waals surface area contributed by atoms with Gasteiger partial charge in [-0.2, -0.15) is 0 Å². The maximum atomic E-state index is 10.8. The van der Waals surface area contributed by atoms with Crippen LogP contribution in [-0.4, -0.2) is 35.4 Å². The maximum Gasteiger partial charge on any atom is 0.341 e. The number of hydrogen-bond donors (Lipinski definition) is 2. The predicted octanol–water partition coefficient (Wildman–Crippen LogP) is 8.96. The molecule has 0 saturated carbocycles. The van der Waals surface area contributed by atoms with E-state index in [2.05, 4.69) is 88.4 Å². The molecule has 0 bridgehead atoms. The van der Waals surface area contributed by atoms with Crippen LogP contribution in [-0.2, 0) is 22.4 Å². The summed E-state index contributed by atoms with van der Waals surface area (Å²) in [5.41, 5.74) is 11.5. The topological polar surface area (TPSA) is 93.1 Å². The van der Waals surface area contributed by atoms with Gasteiger partial charge in [-0.25, -0.2) is 9.59 Å². The van der Waals surface area contributed by atoms with Gasteiger partial charge in [-0.05, 0) is 96.2 Å². The molecule has 0 aliphatic rings. The van der Waals surface area contributed by atoms with Gasteiger partial charge in [0.2, 0.25) is 0 Å². The molecule has 6 heteroatoms. The lowest BCUT2D eigenvalue weighted by atomic mass is 9.95. The third kappa shape index (κ3) is 10.8. The van der Waals surface area contributed by atoms with Gasteiger partial charge in [0, 0.05) is 24.0 Å². The third-order valence-electron chi connectivity index (χ3n) is 7.91. The Hall–Kier alpha value is -4.58. The van der Waals surface area contributed by atoms with Gasteiger partial charge < -0.3 is 19.7 Å². The van der Waals surface area contributed by atoms with Crippen LogP contribution in [0.4, 0.5) is 0 Å². The number of hydrogen-bond acceptors (Lipinski definition) is 4. The molecule has 4 aromatic carbocycles. The molecule has 244 valence electrons. The van der Waals surface area contributed by atoms with Crippen LogP contribution in [0.3, 0.4) is 0 Å². The van der Waals surface area contributed by atoms with Crippen LogP contribution < -0.4 is 9.47 Å². The molecule has 4 rings (SSSR count). The molecule has 4 aromatic rings. The van der Waals surface area contributed by atoms with Crippen molar-refractivity contribution < 1.29 is 29.3 Å². The summed E-state index contributed by atoms with van der Waals surface area (Å²) in [4.78, 5) is 21.6. The standard InChI is InChI=1S/2C20H24O3/c2*1-13(2)17-7-5-16(6-8-17)11-18-15(4)9-14(3)10-19(18)23-12-20(21)22/h2*5-10,13H,11-12H2,1-4H3,(H,21,22). The maximum absolute atomic E-state index is 10.8. The Balaban J connectivity index is 0.000000250. The highest BCUT2D eigenvalue weighted by atomic mass is 16.5. The summed E-state index contributed by atoms with van der Waals surface area (Å²) in [5, 5.41) is 17.7. The van der Waals surface area contributed by atoms with Crippen LogP contribution in [0.25, 0.3) is 0 Å². The number of carbonyl (C=O) groups is 2. The van der Waals surface area contributed by atoms with Crippen LogP contribution in [0.15, 0.2) is 72.8 Å². The number of aryl methyl sites for hydroxylation is 4. The molecule has 0 aromatic heterocycles. The van der Waals surface area contributed by atoms with Gasteiger partial charge >= 0.3 is 11.9 Å². The Kier molecular flexibility index (Phi) is 13.0. The van der Waals surface area contributed by atoms with Crippen molar-refractivity contribution in [2.75, 3.05) is 13.2 Å². The van der Waals surface area contributed by atoms with E-state index in [4.69, 9.17) is 19.7 Å². The Morgan fingerprint density at radius 2 is 0.891 bits per heavy atom. The molecular weight excluding hydrogens is 576 g/mol. The van der Waals surface area contributed by atoms with Gasteiger partial charge in [0.05, 0.1) is 0 Å². The zero-order chi connectivity index (χ0) is 34.0. The molecule has 0 heterocycles. The van der Waals surface area contributed by atoms with E-state index in [0.29, 0.717) is 23.3 Å². The second kappa shape index (κ2) is 16.6. The minimum absolute atomic E-state index is 0.317. The lowest BCUT2D eigenvalue weighted by Gasteiger charge is -2.15. The lowest BCUT2D eigenvalue weighted by molar-refractivity contribution is -0.140. The molecule has 46 heavy (non-hydrogen) atoms. The summed E-state index contributed by atoms with van der Waals surface area (Å²) < 4.78 is 11.0. The van der Waals surface area contributed by atoms with E-state index in [0.717, 1.165) is 46.2 Å². The van der Waals surface area contributed by atoms with Crippen molar-refractivity contribution in [1.29, 1.82) is 0 Å². The monoisotopic (exact) mass is 624 g/mol. The van der Waals surface area contributed by atoms with Crippen molar-refractivity contribution in [2.24, 2.45) is 0 Å². The van der Waals surface area contributed by atoms with Crippen LogP contribution in [0.1, 0.15) is 95.2 Å². The highest BCUT2D eigenvalue weighted by Gasteiger charge is 2.13. The van der Waals surface area contributed by atoms with Crippen molar-refractivity contribution in [1.82, 2.24) is 0 Å². The number of carboxylic acids is 2. The minimum atomic E-state index is -0.962. The van der Waals surface area contributed by atoms with E-state index >= 15 is 0 Å². The average molecular weight is 625 g/mol. The zero-order valence-electron chi connectivity index (χ0n) is 28.4. The van der Waals surface area contributed by atoms with Crippen LogP contribution in [0, 0.1) is 27.7 Å².